The van der Waals surface area contributed by atoms with E-state index < -0.39 is 46.8 Å². The molecule has 0 radical (unpaired) electrons. The smallest absolute Gasteiger partial charge is 0.423 e. The van der Waals surface area contributed by atoms with E-state index in [4.69, 9.17) is 14.5 Å². The van der Waals surface area contributed by atoms with E-state index in [1.165, 1.54) is 13.3 Å². The summed E-state index contributed by atoms with van der Waals surface area (Å²) in [5.41, 5.74) is -1.70. The van der Waals surface area contributed by atoms with Gasteiger partial charge in [-0.15, -0.1) is 0 Å². The highest BCUT2D eigenvalue weighted by molar-refractivity contribution is 6.01. The van der Waals surface area contributed by atoms with Crippen LogP contribution in [-0.4, -0.2) is 103 Å². The zero-order valence-electron chi connectivity index (χ0n) is 33.9. The lowest BCUT2D eigenvalue weighted by Crippen LogP contribution is -2.42. The van der Waals surface area contributed by atoms with Crippen LogP contribution in [0.5, 0.6) is 5.75 Å². The monoisotopic (exact) mass is 860 g/mol. The van der Waals surface area contributed by atoms with Crippen LogP contribution in [0.2, 0.25) is 0 Å². The predicted molar refractivity (Wildman–Crippen MR) is 218 cm³/mol. The number of nitro groups is 1. The first kappa shape index (κ1) is 44.7. The molecule has 4 heterocycles. The van der Waals surface area contributed by atoms with Gasteiger partial charge in [0.15, 0.2) is 28.8 Å². The number of nitrogens with one attached hydrogen (secondary N) is 2. The first-order chi connectivity index (χ1) is 29.5. The molecule has 0 saturated heterocycles. The van der Waals surface area contributed by atoms with Crippen LogP contribution in [0.4, 0.5) is 36.2 Å². The van der Waals surface area contributed by atoms with Crippen molar-refractivity contribution < 1.29 is 47.1 Å². The zero-order chi connectivity index (χ0) is 44.6. The maximum atomic E-state index is 13.4. The lowest BCUT2D eigenvalue weighted by molar-refractivity contribution is -0.388. The second kappa shape index (κ2) is 19.2. The van der Waals surface area contributed by atoms with Crippen LogP contribution < -0.4 is 19.9 Å². The number of fused-ring (bicyclic) bond motifs is 1. The average Bonchev–Trinajstić information content (AvgIpc) is 3.78. The number of nitro benzene ring substituents is 1. The van der Waals surface area contributed by atoms with Crippen molar-refractivity contribution in [3.05, 3.63) is 94.1 Å². The SMILES string of the molecule is CC(=O)N(CCCCOCCCN1C(=O)CNc2ncc(-c3ccc(-c4nc[nH]n4)nc3C)nc21)c1ccc(OC[C@](C)(O)C(=O)Cc2ccc([N+](=O)[O-])c(C(F)(F)F)c2)cc1. The Morgan fingerprint density at radius 3 is 2.45 bits per heavy atom. The molecule has 2 aromatic carbocycles. The van der Waals surface area contributed by atoms with E-state index in [1.54, 1.807) is 46.3 Å². The van der Waals surface area contributed by atoms with Crippen molar-refractivity contribution in [1.29, 1.82) is 0 Å². The maximum Gasteiger partial charge on any atom is 0.423 e. The lowest BCUT2D eigenvalue weighted by atomic mass is 9.94. The summed E-state index contributed by atoms with van der Waals surface area (Å²) in [6.07, 6.45) is -0.712. The van der Waals surface area contributed by atoms with Crippen LogP contribution in [-0.2, 0) is 31.7 Å². The standard InChI is InChI=1S/C41H43F3N10O8/c1-25-30(12-13-32(49-25)37-47-24-48-51-37)33-21-45-38-39(50-33)53(36(57)22-46-38)16-6-18-61-17-5-4-15-52(26(2)55)28-8-10-29(11-9-28)62-23-40(3,58)35(56)20-27-7-14-34(54(59)60)31(19-27)41(42,43)44/h7-14,19,21,24,58H,4-6,15-18,20,22-23H2,1-3H3,(H,45,46)(H,47,48,51)/t40-/m0/s1. The second-order valence-electron chi connectivity index (χ2n) is 14.6. The number of aromatic nitrogens is 6. The Bertz CT molecular complexity index is 2410. The Balaban J connectivity index is 0.935. The molecule has 6 rings (SSSR count). The molecule has 0 spiro atoms. The minimum Gasteiger partial charge on any atom is -0.490 e. The maximum absolute atomic E-state index is 13.4. The van der Waals surface area contributed by atoms with Gasteiger partial charge in [-0.3, -0.25) is 34.5 Å². The van der Waals surface area contributed by atoms with Crippen LogP contribution in [0.25, 0.3) is 22.8 Å². The Hall–Kier alpha value is -6.87. The summed E-state index contributed by atoms with van der Waals surface area (Å²) in [6, 6.07) is 12.3. The van der Waals surface area contributed by atoms with Gasteiger partial charge in [0.2, 0.25) is 11.8 Å². The second-order valence-corrected chi connectivity index (χ2v) is 14.6. The van der Waals surface area contributed by atoms with Crippen LogP contribution in [0, 0.1) is 17.0 Å². The molecular formula is C41H43F3N10O8. The fraction of sp³-hybridized carbons (Fsp3) is 0.366. The van der Waals surface area contributed by atoms with Crippen LogP contribution >= 0.6 is 0 Å². The van der Waals surface area contributed by atoms with Gasteiger partial charge in [0.05, 0.1) is 23.4 Å². The minimum atomic E-state index is -5.02. The summed E-state index contributed by atoms with van der Waals surface area (Å²) in [5.74, 6) is 0.458. The predicted octanol–water partition coefficient (Wildman–Crippen LogP) is 5.50. The van der Waals surface area contributed by atoms with Crippen molar-refractivity contribution in [2.24, 2.45) is 0 Å². The van der Waals surface area contributed by atoms with E-state index >= 15 is 0 Å². The average molecular weight is 861 g/mol. The number of Topliss-reactive ketones (excluding diaryl/α,β-unsaturated/α-hetero) is 1. The molecule has 326 valence electrons. The molecule has 62 heavy (non-hydrogen) atoms. The van der Waals surface area contributed by atoms with Gasteiger partial charge in [-0.25, -0.2) is 19.9 Å². The molecule has 0 aliphatic carbocycles. The van der Waals surface area contributed by atoms with Gasteiger partial charge >= 0.3 is 6.18 Å². The quantitative estimate of drug-likeness (QED) is 0.0529. The van der Waals surface area contributed by atoms with E-state index in [0.29, 0.717) is 97.9 Å². The summed E-state index contributed by atoms with van der Waals surface area (Å²) < 4.78 is 51.6. The van der Waals surface area contributed by atoms with Gasteiger partial charge in [-0.05, 0) is 81.1 Å². The number of unbranched alkanes of at least 4 members (excludes halogenated alkanes) is 1. The molecule has 0 fully saturated rings. The van der Waals surface area contributed by atoms with Crippen LogP contribution in [0.3, 0.4) is 0 Å². The number of aliphatic hydroxyl groups is 1. The van der Waals surface area contributed by atoms with Crippen molar-refractivity contribution in [3.63, 3.8) is 0 Å². The number of carbonyl (C=O) groups is 3. The number of anilines is 3. The molecule has 1 aliphatic heterocycles. The molecule has 3 aromatic heterocycles. The Morgan fingerprint density at radius 1 is 1.02 bits per heavy atom. The number of H-pyrrole nitrogens is 1. The summed E-state index contributed by atoms with van der Waals surface area (Å²) in [4.78, 5) is 69.4. The molecule has 5 aromatic rings. The number of pyridine rings is 1. The van der Waals surface area contributed by atoms with Crippen molar-refractivity contribution in [1.82, 2.24) is 30.1 Å². The van der Waals surface area contributed by atoms with E-state index in [-0.39, 0.29) is 29.7 Å². The third-order valence-corrected chi connectivity index (χ3v) is 9.89. The van der Waals surface area contributed by atoms with E-state index in [0.717, 1.165) is 18.6 Å². The van der Waals surface area contributed by atoms with Gasteiger partial charge in [-0.1, -0.05) is 6.07 Å². The number of halogens is 3. The highest BCUT2D eigenvalue weighted by Gasteiger charge is 2.39. The Labute approximate surface area is 352 Å². The molecule has 0 bridgehead atoms. The highest BCUT2D eigenvalue weighted by Crippen LogP contribution is 2.37. The molecule has 3 N–H and O–H groups in total. The first-order valence-corrected chi connectivity index (χ1v) is 19.5. The fourth-order valence-electron chi connectivity index (χ4n) is 6.57. The third kappa shape index (κ3) is 10.9. The molecule has 1 atom stereocenters. The van der Waals surface area contributed by atoms with Crippen molar-refractivity contribution in [3.8, 4) is 28.5 Å². The van der Waals surface area contributed by atoms with E-state index in [2.05, 4.69) is 30.5 Å². The number of rotatable bonds is 19. The molecule has 21 heteroatoms. The van der Waals surface area contributed by atoms with E-state index in [1.807, 2.05) is 13.0 Å². The number of hydrogen-bond acceptors (Lipinski definition) is 14. The molecule has 0 unspecified atom stereocenters. The Kier molecular flexibility index (Phi) is 13.9. The topological polar surface area (TPSA) is 232 Å². The van der Waals surface area contributed by atoms with Gasteiger partial charge in [-0.2, -0.15) is 18.3 Å². The number of benzene rings is 2. The van der Waals surface area contributed by atoms with E-state index in [9.17, 15) is 42.8 Å². The number of ether oxygens (including phenoxy) is 2. The summed E-state index contributed by atoms with van der Waals surface area (Å²) in [6.45, 7) is 5.57. The lowest BCUT2D eigenvalue weighted by Gasteiger charge is -2.28. The number of alkyl halides is 3. The van der Waals surface area contributed by atoms with Crippen molar-refractivity contribution in [2.75, 3.05) is 54.6 Å². The van der Waals surface area contributed by atoms with Gasteiger partial charge in [0, 0.05) is 62.7 Å². The van der Waals surface area contributed by atoms with Gasteiger partial charge in [0.25, 0.3) is 5.69 Å². The number of amides is 2. The fourth-order valence-corrected chi connectivity index (χ4v) is 6.57. The number of aromatic amines is 1. The summed E-state index contributed by atoms with van der Waals surface area (Å²) in [7, 11) is 0. The minimum absolute atomic E-state index is 0.0903. The first-order valence-electron chi connectivity index (χ1n) is 19.5. The zero-order valence-corrected chi connectivity index (χ0v) is 33.9. The summed E-state index contributed by atoms with van der Waals surface area (Å²) in [5, 5.41) is 31.6. The number of ketones is 1. The Morgan fingerprint density at radius 2 is 1.77 bits per heavy atom. The van der Waals surface area contributed by atoms with Crippen molar-refractivity contribution >= 4 is 40.6 Å². The number of hydrogen-bond donors (Lipinski definition) is 3. The van der Waals surface area contributed by atoms with Crippen LogP contribution in [0.1, 0.15) is 49.9 Å². The van der Waals surface area contributed by atoms with Crippen LogP contribution in [0.15, 0.2) is 67.1 Å². The normalized spacial score (nSPS) is 13.5. The highest BCUT2D eigenvalue weighted by atomic mass is 19.4. The molecule has 2 amide bonds. The number of nitrogens with zero attached hydrogens (tertiary/aromatic N) is 8. The number of carbonyl (C=O) groups excluding carboxylic acids is 3. The summed E-state index contributed by atoms with van der Waals surface area (Å²) >= 11 is 0. The van der Waals surface area contributed by atoms with Crippen molar-refractivity contribution in [2.45, 2.75) is 58.2 Å². The van der Waals surface area contributed by atoms with Gasteiger partial charge in [0.1, 0.15) is 29.9 Å². The molecule has 1 aliphatic rings. The molecular weight excluding hydrogens is 818 g/mol. The molecule has 0 saturated carbocycles. The number of aryl methyl sites for hydroxylation is 1. The molecule has 18 nitrogen and oxygen atoms in total. The third-order valence-electron chi connectivity index (χ3n) is 9.89. The largest absolute Gasteiger partial charge is 0.490 e. The van der Waals surface area contributed by atoms with Gasteiger partial charge < -0.3 is 24.8 Å².